The summed E-state index contributed by atoms with van der Waals surface area (Å²) in [5, 5.41) is -0.238. The Balaban J connectivity index is 3.90. The molecule has 0 radical (unpaired) electrons. The molecule has 0 aliphatic heterocycles. The maximum atomic E-state index is 10.6. The van der Waals surface area contributed by atoms with E-state index in [1.165, 1.54) is 0 Å². The molecule has 2 nitrogen and oxygen atoms in total. The molecule has 4 heteroatoms. The molecule has 56 valence electrons. The Morgan fingerprint density at radius 2 is 2.22 bits per heavy atom. The minimum Gasteiger partial charge on any atom is -0.305 e. The van der Waals surface area contributed by atoms with Crippen LogP contribution in [-0.2, 0) is 20.0 Å². The summed E-state index contributed by atoms with van der Waals surface area (Å²) in [5.74, 6) is 0. The van der Waals surface area contributed by atoms with Gasteiger partial charge in [-0.3, -0.25) is 0 Å². The molecule has 2 unspecified atom stereocenters. The van der Waals surface area contributed by atoms with Gasteiger partial charge >= 0.3 is 0 Å². The van der Waals surface area contributed by atoms with Crippen molar-refractivity contribution < 1.29 is 8.76 Å². The summed E-state index contributed by atoms with van der Waals surface area (Å²) in [6, 6.07) is 0. The lowest BCUT2D eigenvalue weighted by Gasteiger charge is -2.06. The molecule has 0 heterocycles. The molecule has 0 spiro atoms. The first kappa shape index (κ1) is 9.33. The van der Waals surface area contributed by atoms with Crippen molar-refractivity contribution in [2.75, 3.05) is 0 Å². The predicted octanol–water partition coefficient (Wildman–Crippen LogP) is 1.39. The first-order chi connectivity index (χ1) is 3.98. The van der Waals surface area contributed by atoms with Gasteiger partial charge in [0.25, 0.3) is 0 Å². The fourth-order valence-corrected chi connectivity index (χ4v) is 1.38. The van der Waals surface area contributed by atoms with Crippen LogP contribution in [0.5, 0.6) is 0 Å². The molecule has 0 aromatic carbocycles. The fourth-order valence-electron chi connectivity index (χ4n) is 0.555. The van der Waals surface area contributed by atoms with Gasteiger partial charge in [-0.1, -0.05) is 13.3 Å². The van der Waals surface area contributed by atoms with Gasteiger partial charge in [0.2, 0.25) is 0 Å². The molecule has 0 bridgehead atoms. The summed E-state index contributed by atoms with van der Waals surface area (Å²) in [6.45, 7) is 3.68. The minimum atomic E-state index is -2.93. The fraction of sp³-hybridized carbons (Fsp3) is 1.00. The molecule has 0 rings (SSSR count). The second-order valence-corrected chi connectivity index (χ2v) is 5.38. The van der Waals surface area contributed by atoms with E-state index in [9.17, 15) is 4.21 Å². The van der Waals surface area contributed by atoms with Crippen LogP contribution < -0.4 is 0 Å². The third-order valence-electron chi connectivity index (χ3n) is 1.20. The van der Waals surface area contributed by atoms with Crippen molar-refractivity contribution in [2.24, 2.45) is 0 Å². The first-order valence-electron chi connectivity index (χ1n) is 2.94. The summed E-state index contributed by atoms with van der Waals surface area (Å²) in [4.78, 5) is 0. The van der Waals surface area contributed by atoms with Gasteiger partial charge in [0, 0.05) is 11.2 Å². The van der Waals surface area contributed by atoms with E-state index >= 15 is 0 Å². The van der Waals surface area contributed by atoms with E-state index in [2.05, 4.69) is 11.2 Å². The quantitative estimate of drug-likeness (QED) is 0.692. The predicted molar refractivity (Wildman–Crippen MR) is 42.5 cm³/mol. The zero-order valence-electron chi connectivity index (χ0n) is 5.66. The SMILES string of the molecule is CCCC(C)S(=O)(O)=S. The minimum absolute atomic E-state index is 0.238. The highest BCUT2D eigenvalue weighted by Gasteiger charge is 2.10. The molecule has 2 atom stereocenters. The van der Waals surface area contributed by atoms with Gasteiger partial charge in [0.1, 0.15) is 8.77 Å². The monoisotopic (exact) mass is 168 g/mol. The van der Waals surface area contributed by atoms with E-state index in [0.717, 1.165) is 12.8 Å². The maximum Gasteiger partial charge on any atom is 0.144 e. The standard InChI is InChI=1S/C5H12O2S2/c1-3-4-5(2)9(6,7)8/h5H,3-4H2,1-2H3,(H,6,7,8). The van der Waals surface area contributed by atoms with Crippen molar-refractivity contribution in [1.82, 2.24) is 0 Å². The molecule has 0 saturated heterocycles. The molecular weight excluding hydrogens is 156 g/mol. The van der Waals surface area contributed by atoms with Crippen LogP contribution in [0, 0.1) is 0 Å². The van der Waals surface area contributed by atoms with Crippen LogP contribution in [-0.4, -0.2) is 14.0 Å². The molecule has 0 aromatic heterocycles. The third kappa shape index (κ3) is 3.83. The Bertz CT molecular complexity index is 160. The van der Waals surface area contributed by atoms with Crippen LogP contribution in [0.1, 0.15) is 26.7 Å². The van der Waals surface area contributed by atoms with E-state index in [1.807, 2.05) is 6.92 Å². The van der Waals surface area contributed by atoms with Gasteiger partial charge < -0.3 is 4.55 Å². The molecule has 0 fully saturated rings. The van der Waals surface area contributed by atoms with Crippen molar-refractivity contribution >= 4 is 20.0 Å². The highest BCUT2D eigenvalue weighted by atomic mass is 32.8. The maximum absolute atomic E-state index is 10.6. The van der Waals surface area contributed by atoms with Gasteiger partial charge in [-0.25, -0.2) is 4.21 Å². The molecule has 0 aliphatic rings. The lowest BCUT2D eigenvalue weighted by Crippen LogP contribution is -2.14. The number of rotatable bonds is 3. The average molecular weight is 168 g/mol. The van der Waals surface area contributed by atoms with Crippen LogP contribution in [0.3, 0.4) is 0 Å². The molecule has 9 heavy (non-hydrogen) atoms. The van der Waals surface area contributed by atoms with Crippen LogP contribution in [0.2, 0.25) is 0 Å². The number of hydrogen-bond acceptors (Lipinski definition) is 2. The van der Waals surface area contributed by atoms with E-state index < -0.39 is 8.77 Å². The average Bonchev–Trinajstić information content (AvgIpc) is 1.64. The Kier molecular flexibility index (Phi) is 3.61. The smallest absolute Gasteiger partial charge is 0.144 e. The lowest BCUT2D eigenvalue weighted by molar-refractivity contribution is 0.541. The molecule has 0 saturated carbocycles. The van der Waals surface area contributed by atoms with Crippen molar-refractivity contribution in [2.45, 2.75) is 31.9 Å². The van der Waals surface area contributed by atoms with Crippen LogP contribution >= 0.6 is 0 Å². The highest BCUT2D eigenvalue weighted by molar-refractivity contribution is 8.30. The number of hydrogen-bond donors (Lipinski definition) is 1. The van der Waals surface area contributed by atoms with Crippen molar-refractivity contribution in [3.8, 4) is 0 Å². The molecule has 0 amide bonds. The largest absolute Gasteiger partial charge is 0.305 e. The first-order valence-corrected chi connectivity index (χ1v) is 5.45. The highest BCUT2D eigenvalue weighted by Crippen LogP contribution is 2.05. The Morgan fingerprint density at radius 3 is 2.33 bits per heavy atom. The van der Waals surface area contributed by atoms with Crippen LogP contribution in [0.15, 0.2) is 0 Å². The van der Waals surface area contributed by atoms with E-state index in [0.29, 0.717) is 0 Å². The zero-order valence-corrected chi connectivity index (χ0v) is 7.30. The Morgan fingerprint density at radius 1 is 1.78 bits per heavy atom. The summed E-state index contributed by atoms with van der Waals surface area (Å²) in [7, 11) is -2.93. The van der Waals surface area contributed by atoms with Crippen molar-refractivity contribution in [1.29, 1.82) is 0 Å². The Hall–Kier alpha value is 0.330. The zero-order chi connectivity index (χ0) is 7.49. The normalized spacial score (nSPS) is 20.8. The summed E-state index contributed by atoms with van der Waals surface area (Å²) < 4.78 is 19.4. The summed E-state index contributed by atoms with van der Waals surface area (Å²) >= 11 is 4.36. The van der Waals surface area contributed by atoms with Gasteiger partial charge in [-0.15, -0.1) is 0 Å². The van der Waals surface area contributed by atoms with Gasteiger partial charge in [0.15, 0.2) is 0 Å². The van der Waals surface area contributed by atoms with Gasteiger partial charge in [0.05, 0.1) is 5.25 Å². The topological polar surface area (TPSA) is 37.3 Å². The molecule has 0 aromatic rings. The van der Waals surface area contributed by atoms with Crippen LogP contribution in [0.4, 0.5) is 0 Å². The second-order valence-electron chi connectivity index (χ2n) is 2.11. The lowest BCUT2D eigenvalue weighted by atomic mass is 10.3. The third-order valence-corrected chi connectivity index (χ3v) is 3.44. The molecule has 1 N–H and O–H groups in total. The van der Waals surface area contributed by atoms with E-state index in [1.54, 1.807) is 6.92 Å². The van der Waals surface area contributed by atoms with Crippen LogP contribution in [0.25, 0.3) is 0 Å². The van der Waals surface area contributed by atoms with E-state index in [-0.39, 0.29) is 5.25 Å². The summed E-state index contributed by atoms with van der Waals surface area (Å²) in [6.07, 6.45) is 1.65. The Labute approximate surface area is 61.2 Å². The molecular formula is C5H12O2S2. The van der Waals surface area contributed by atoms with Gasteiger partial charge in [-0.2, -0.15) is 0 Å². The second kappa shape index (κ2) is 3.49. The van der Waals surface area contributed by atoms with Crippen molar-refractivity contribution in [3.63, 3.8) is 0 Å². The molecule has 0 aliphatic carbocycles. The summed E-state index contributed by atoms with van der Waals surface area (Å²) in [5.41, 5.74) is 0. The van der Waals surface area contributed by atoms with E-state index in [4.69, 9.17) is 4.55 Å². The van der Waals surface area contributed by atoms with Gasteiger partial charge in [-0.05, 0) is 13.3 Å². The van der Waals surface area contributed by atoms with Crippen molar-refractivity contribution in [3.05, 3.63) is 0 Å².